The van der Waals surface area contributed by atoms with Crippen LogP contribution in [0.1, 0.15) is 140 Å². The van der Waals surface area contributed by atoms with E-state index in [9.17, 15) is 9.59 Å². The second-order valence-electron chi connectivity index (χ2n) is 18.4. The molecule has 0 bridgehead atoms. The Morgan fingerprint density at radius 2 is 1.66 bits per heavy atom. The molecule has 11 heteroatoms. The molecule has 11 nitrogen and oxygen atoms in total. The predicted molar refractivity (Wildman–Crippen MR) is 228 cm³/mol. The van der Waals surface area contributed by atoms with Gasteiger partial charge < -0.3 is 33.0 Å². The molecule has 9 N–H and O–H groups in total. The molecule has 56 heavy (non-hydrogen) atoms. The van der Waals surface area contributed by atoms with Gasteiger partial charge in [0.1, 0.15) is 12.1 Å². The first-order valence-corrected chi connectivity index (χ1v) is 21.6. The second-order valence-corrected chi connectivity index (χ2v) is 18.4. The van der Waals surface area contributed by atoms with Gasteiger partial charge >= 0.3 is 5.97 Å². The number of hydrogen-bond donors (Lipinski definition) is 5. The third-order valence-corrected chi connectivity index (χ3v) is 14.2. The van der Waals surface area contributed by atoms with Crippen molar-refractivity contribution < 1.29 is 14.3 Å². The first kappa shape index (κ1) is 43.2. The number of nitrogens with two attached hydrogens (primary N) is 4. The summed E-state index contributed by atoms with van der Waals surface area (Å²) in [5.74, 6) is 4.27. The molecule has 310 valence electrons. The van der Waals surface area contributed by atoms with E-state index in [1.54, 1.807) is 18.3 Å². The highest BCUT2D eigenvalue weighted by molar-refractivity contribution is 5.91. The topological polar surface area (TPSA) is 197 Å². The maximum absolute atomic E-state index is 13.3. The maximum Gasteiger partial charge on any atom is 0.338 e. The number of hydrogen-bond acceptors (Lipinski definition) is 6. The van der Waals surface area contributed by atoms with E-state index in [0.29, 0.717) is 49.9 Å². The van der Waals surface area contributed by atoms with Crippen LogP contribution in [0.5, 0.6) is 0 Å². The smallest absolute Gasteiger partial charge is 0.338 e. The van der Waals surface area contributed by atoms with Gasteiger partial charge in [0.05, 0.1) is 12.1 Å². The monoisotopic (exact) mass is 773 g/mol. The van der Waals surface area contributed by atoms with Gasteiger partial charge in [-0.1, -0.05) is 77.7 Å². The van der Waals surface area contributed by atoms with Crippen molar-refractivity contribution >= 4 is 30.0 Å². The molecule has 9 atom stereocenters. The highest BCUT2D eigenvalue weighted by Gasteiger charge is 2.59. The van der Waals surface area contributed by atoms with Crippen molar-refractivity contribution in [1.82, 2.24) is 5.32 Å². The van der Waals surface area contributed by atoms with E-state index in [4.69, 9.17) is 27.7 Å². The van der Waals surface area contributed by atoms with Crippen LogP contribution in [-0.4, -0.2) is 61.8 Å². The molecule has 0 heterocycles. The molecule has 1 aromatic rings. The fraction of sp³-hybridized carbons (Fsp3) is 0.711. The lowest BCUT2D eigenvalue weighted by Crippen LogP contribution is -2.51. The van der Waals surface area contributed by atoms with Crippen molar-refractivity contribution in [2.75, 3.05) is 19.6 Å². The van der Waals surface area contributed by atoms with Gasteiger partial charge in [-0.25, -0.2) is 9.79 Å². The van der Waals surface area contributed by atoms with Gasteiger partial charge in [-0.15, -0.1) is 0 Å². The summed E-state index contributed by atoms with van der Waals surface area (Å²) < 4.78 is 6.15. The molecule has 3 fully saturated rings. The largest absolute Gasteiger partial charge is 0.458 e. The lowest BCUT2D eigenvalue weighted by atomic mass is 9.47. The number of rotatable bonds is 18. The van der Waals surface area contributed by atoms with E-state index in [1.807, 2.05) is 12.1 Å². The number of nitrogens with zero attached hydrogens (tertiary/aromatic N) is 3. The van der Waals surface area contributed by atoms with E-state index >= 15 is 0 Å². The van der Waals surface area contributed by atoms with Gasteiger partial charge in [0.15, 0.2) is 11.9 Å². The number of aliphatic imine (C=N–C) groups is 3. The molecule has 5 rings (SSSR count). The molecule has 0 aliphatic heterocycles. The second kappa shape index (κ2) is 19.5. The third kappa shape index (κ3) is 10.7. The van der Waals surface area contributed by atoms with Gasteiger partial charge in [0.2, 0.25) is 5.91 Å². The van der Waals surface area contributed by atoms with Crippen molar-refractivity contribution in [3.8, 4) is 0 Å². The Labute approximate surface area is 336 Å². The van der Waals surface area contributed by atoms with Crippen molar-refractivity contribution in [3.05, 3.63) is 47.0 Å². The van der Waals surface area contributed by atoms with E-state index in [2.05, 4.69) is 61.0 Å². The van der Waals surface area contributed by atoms with Crippen LogP contribution in [0.25, 0.3) is 0 Å². The summed E-state index contributed by atoms with van der Waals surface area (Å²) in [4.78, 5) is 38.4. The Kier molecular flexibility index (Phi) is 15.1. The van der Waals surface area contributed by atoms with Crippen LogP contribution in [0.4, 0.5) is 0 Å². The number of esters is 1. The Balaban J connectivity index is 1.07. The quantitative estimate of drug-likeness (QED) is 0.0353. The first-order valence-electron chi connectivity index (χ1n) is 21.6. The highest BCUT2D eigenvalue weighted by atomic mass is 16.5. The minimum Gasteiger partial charge on any atom is -0.458 e. The van der Waals surface area contributed by atoms with Crippen LogP contribution < -0.4 is 28.3 Å². The van der Waals surface area contributed by atoms with E-state index < -0.39 is 6.04 Å². The van der Waals surface area contributed by atoms with Gasteiger partial charge in [-0.05, 0) is 128 Å². The maximum atomic E-state index is 13.3. The molecule has 0 aromatic heterocycles. The number of amides is 1. The fourth-order valence-electron chi connectivity index (χ4n) is 11.3. The molecule has 1 amide bonds. The molecule has 9 unspecified atom stereocenters. The number of fused-ring (bicyclic) bond motifs is 5. The van der Waals surface area contributed by atoms with Crippen molar-refractivity contribution in [3.63, 3.8) is 0 Å². The first-order chi connectivity index (χ1) is 26.7. The van der Waals surface area contributed by atoms with Gasteiger partial charge in [-0.2, -0.15) is 0 Å². The standard InChI is InChI=1S/C45H72N8O3/c1-29(2)9-8-10-30(3)36-18-19-37-35-17-16-33-27-34(20-22-44(33,4)38(35)21-23-45(36,37)5)56-41(55)32-14-12-31(13-15-32)28-50-25-26-51-40(54)39(53-43(48)49)11-6-7-24-52-42(46)47/h12-16,28-30,34-39H,6-11,17-27H2,1-5H3,(H,51,54)(H4,46,47,52)(H4,48,49,53). The minimum absolute atomic E-state index is 0.0417. The van der Waals surface area contributed by atoms with Crippen molar-refractivity contribution in [2.24, 2.45) is 84.2 Å². The molecular formula is C45H72N8O3. The summed E-state index contributed by atoms with van der Waals surface area (Å²) in [5.41, 5.74) is 25.5. The van der Waals surface area contributed by atoms with Crippen LogP contribution in [0.2, 0.25) is 0 Å². The Morgan fingerprint density at radius 1 is 0.893 bits per heavy atom. The molecular weight excluding hydrogens is 701 g/mol. The zero-order valence-electron chi connectivity index (χ0n) is 35.0. The number of carbonyl (C=O) groups is 2. The summed E-state index contributed by atoms with van der Waals surface area (Å²) in [6.07, 6.45) is 19.8. The number of nitrogens with one attached hydrogen (secondary N) is 1. The van der Waals surface area contributed by atoms with E-state index in [1.165, 1.54) is 56.9 Å². The average molecular weight is 773 g/mol. The Morgan fingerprint density at radius 3 is 2.38 bits per heavy atom. The van der Waals surface area contributed by atoms with Gasteiger partial charge in [0, 0.05) is 25.7 Å². The zero-order chi connectivity index (χ0) is 40.5. The average Bonchev–Trinajstić information content (AvgIpc) is 3.51. The Bertz CT molecular complexity index is 1600. The number of ether oxygens (including phenoxy) is 1. The number of allylic oxidation sites excluding steroid dienone is 1. The molecule has 3 saturated carbocycles. The van der Waals surface area contributed by atoms with Crippen molar-refractivity contribution in [1.29, 1.82) is 0 Å². The van der Waals surface area contributed by atoms with Gasteiger partial charge in [-0.3, -0.25) is 14.8 Å². The molecule has 0 saturated heterocycles. The van der Waals surface area contributed by atoms with Crippen LogP contribution in [0.15, 0.2) is 50.9 Å². The lowest BCUT2D eigenvalue weighted by Gasteiger charge is -2.58. The fourth-order valence-corrected chi connectivity index (χ4v) is 11.3. The van der Waals surface area contributed by atoms with Crippen LogP contribution in [0.3, 0.4) is 0 Å². The summed E-state index contributed by atoms with van der Waals surface area (Å²) in [6, 6.07) is 6.65. The van der Waals surface area contributed by atoms with E-state index in [-0.39, 0.29) is 35.3 Å². The van der Waals surface area contributed by atoms with Crippen molar-refractivity contribution in [2.45, 2.75) is 137 Å². The number of carbonyl (C=O) groups excluding carboxylic acids is 2. The summed E-state index contributed by atoms with van der Waals surface area (Å²) in [6.45, 7) is 13.7. The van der Waals surface area contributed by atoms with Crippen LogP contribution >= 0.6 is 0 Å². The molecule has 4 aliphatic carbocycles. The van der Waals surface area contributed by atoms with Crippen LogP contribution in [0, 0.1) is 46.3 Å². The van der Waals surface area contributed by atoms with E-state index in [0.717, 1.165) is 60.3 Å². The van der Waals surface area contributed by atoms with Gasteiger partial charge in [0.25, 0.3) is 0 Å². The Hall–Kier alpha value is -3.89. The predicted octanol–water partition coefficient (Wildman–Crippen LogP) is 6.87. The highest BCUT2D eigenvalue weighted by Crippen LogP contribution is 2.67. The zero-order valence-corrected chi connectivity index (χ0v) is 35.0. The lowest BCUT2D eigenvalue weighted by molar-refractivity contribution is -0.122. The normalized spacial score (nSPS) is 29.3. The number of benzene rings is 1. The summed E-state index contributed by atoms with van der Waals surface area (Å²) in [5, 5.41) is 2.85. The molecule has 0 spiro atoms. The summed E-state index contributed by atoms with van der Waals surface area (Å²) >= 11 is 0. The number of guanidine groups is 2. The SMILES string of the molecule is CC(C)CCCC(C)C1CCC2C3CC=C4CC(OC(=O)c5ccc(C=NCCNC(=O)C(CCCCN=C(N)N)N=C(N)N)cc5)CCC4(C)C3CCC12C. The number of unbranched alkanes of at least 4 members (excludes halogenated alkanes) is 1. The molecule has 4 aliphatic rings. The van der Waals surface area contributed by atoms with Crippen LogP contribution in [-0.2, 0) is 9.53 Å². The molecule has 1 aromatic carbocycles. The third-order valence-electron chi connectivity index (χ3n) is 14.2. The minimum atomic E-state index is -0.688. The molecule has 0 radical (unpaired) electrons. The summed E-state index contributed by atoms with van der Waals surface area (Å²) in [7, 11) is 0.